The van der Waals surface area contributed by atoms with E-state index in [1.54, 1.807) is 6.08 Å². The minimum Gasteiger partial charge on any atom is -0.338 e. The van der Waals surface area contributed by atoms with Gasteiger partial charge >= 0.3 is 0 Å². The molecule has 0 bridgehead atoms. The first kappa shape index (κ1) is 15.8. The Morgan fingerprint density at radius 1 is 0.923 bits per heavy atom. The largest absolute Gasteiger partial charge is 0.338 e. The zero-order valence-electron chi connectivity index (χ0n) is 14.0. The fraction of sp³-hybridized carbons (Fsp3) is 0. The average molecular weight is 339 g/mol. The Morgan fingerprint density at radius 3 is 2.58 bits per heavy atom. The summed E-state index contributed by atoms with van der Waals surface area (Å²) in [7, 11) is 0. The number of benzene rings is 3. The molecule has 0 radical (unpaired) electrons. The van der Waals surface area contributed by atoms with Crippen LogP contribution in [0.4, 0.5) is 5.69 Å². The molecule has 4 rings (SSSR count). The molecular weight excluding hydrogens is 322 g/mol. The van der Waals surface area contributed by atoms with Crippen molar-refractivity contribution in [3.63, 3.8) is 0 Å². The van der Waals surface area contributed by atoms with Crippen molar-refractivity contribution in [3.05, 3.63) is 90.5 Å². The van der Waals surface area contributed by atoms with E-state index in [9.17, 15) is 4.79 Å². The molecule has 2 N–H and O–H groups in total. The Bertz CT molecular complexity index is 1050. The number of carbonyl (C=O) groups is 1. The van der Waals surface area contributed by atoms with Crippen LogP contribution in [0.3, 0.4) is 0 Å². The quantitative estimate of drug-likeness (QED) is 0.521. The van der Waals surface area contributed by atoms with Crippen molar-refractivity contribution in [1.29, 1.82) is 0 Å². The summed E-state index contributed by atoms with van der Waals surface area (Å²) in [5, 5.41) is 2.89. The van der Waals surface area contributed by atoms with Crippen LogP contribution in [0.1, 0.15) is 5.56 Å². The van der Waals surface area contributed by atoms with E-state index in [4.69, 9.17) is 0 Å². The Hall–Kier alpha value is -3.66. The minimum atomic E-state index is -0.171. The summed E-state index contributed by atoms with van der Waals surface area (Å²) in [4.78, 5) is 20.1. The molecule has 1 heterocycles. The van der Waals surface area contributed by atoms with Gasteiger partial charge in [-0.15, -0.1) is 0 Å². The number of carbonyl (C=O) groups excluding carboxylic acids is 1. The van der Waals surface area contributed by atoms with E-state index in [0.29, 0.717) is 0 Å². The second-order valence-electron chi connectivity index (χ2n) is 5.92. The Labute approximate surface area is 151 Å². The molecule has 3 aromatic carbocycles. The highest BCUT2D eigenvalue weighted by Crippen LogP contribution is 2.23. The van der Waals surface area contributed by atoms with E-state index >= 15 is 0 Å². The highest BCUT2D eigenvalue weighted by molar-refractivity contribution is 6.02. The molecule has 0 saturated carbocycles. The summed E-state index contributed by atoms with van der Waals surface area (Å²) in [6.45, 7) is 0. The monoisotopic (exact) mass is 339 g/mol. The molecule has 4 nitrogen and oxygen atoms in total. The zero-order valence-corrected chi connectivity index (χ0v) is 14.0. The predicted molar refractivity (Wildman–Crippen MR) is 106 cm³/mol. The lowest BCUT2D eigenvalue weighted by atomic mass is 10.2. The summed E-state index contributed by atoms with van der Waals surface area (Å²) < 4.78 is 0. The van der Waals surface area contributed by atoms with E-state index in [0.717, 1.165) is 33.7 Å². The topological polar surface area (TPSA) is 57.8 Å². The lowest BCUT2D eigenvalue weighted by Crippen LogP contribution is -2.07. The molecule has 0 fully saturated rings. The number of para-hydroxylation sites is 2. The molecule has 126 valence electrons. The molecule has 1 amide bonds. The van der Waals surface area contributed by atoms with Crippen LogP contribution in [0.2, 0.25) is 0 Å². The van der Waals surface area contributed by atoms with E-state index in [1.165, 1.54) is 6.08 Å². The fourth-order valence-electron chi connectivity index (χ4n) is 2.75. The third-order valence-corrected chi connectivity index (χ3v) is 4.02. The molecule has 0 saturated heterocycles. The maximum Gasteiger partial charge on any atom is 0.248 e. The molecule has 4 aromatic rings. The molecule has 0 spiro atoms. The van der Waals surface area contributed by atoms with Crippen LogP contribution in [0.5, 0.6) is 0 Å². The van der Waals surface area contributed by atoms with Crippen LogP contribution >= 0.6 is 0 Å². The first-order chi connectivity index (χ1) is 12.8. The SMILES string of the molecule is O=C(/C=C\c1ccccc1)Nc1cccc(-c2nc3ccccc3[nH]2)c1. The molecule has 0 aliphatic carbocycles. The summed E-state index contributed by atoms with van der Waals surface area (Å²) in [6, 6.07) is 25.3. The van der Waals surface area contributed by atoms with E-state index in [1.807, 2.05) is 78.9 Å². The Kier molecular flexibility index (Phi) is 4.31. The fourth-order valence-corrected chi connectivity index (χ4v) is 2.75. The molecule has 26 heavy (non-hydrogen) atoms. The zero-order chi connectivity index (χ0) is 17.8. The molecular formula is C22H17N3O. The standard InChI is InChI=1S/C22H17N3O/c26-21(14-13-16-7-2-1-3-8-16)23-18-10-6-9-17(15-18)22-24-19-11-4-5-12-20(19)25-22/h1-15H,(H,23,26)(H,24,25)/b14-13-. The number of anilines is 1. The number of aromatic amines is 1. The van der Waals surface area contributed by atoms with Crippen molar-refractivity contribution in [2.45, 2.75) is 0 Å². The van der Waals surface area contributed by atoms with Crippen LogP contribution in [0, 0.1) is 0 Å². The maximum absolute atomic E-state index is 12.2. The summed E-state index contributed by atoms with van der Waals surface area (Å²) in [6.07, 6.45) is 3.32. The van der Waals surface area contributed by atoms with Gasteiger partial charge in [-0.25, -0.2) is 4.98 Å². The van der Waals surface area contributed by atoms with Crippen LogP contribution in [0.15, 0.2) is 84.9 Å². The second kappa shape index (κ2) is 7.07. The predicted octanol–water partition coefficient (Wildman–Crippen LogP) is 4.88. The number of amides is 1. The van der Waals surface area contributed by atoms with Gasteiger partial charge < -0.3 is 10.3 Å². The lowest BCUT2D eigenvalue weighted by Gasteiger charge is -2.04. The smallest absolute Gasteiger partial charge is 0.248 e. The number of H-pyrrole nitrogens is 1. The highest BCUT2D eigenvalue weighted by atomic mass is 16.1. The summed E-state index contributed by atoms with van der Waals surface area (Å²) in [5.74, 6) is 0.609. The van der Waals surface area contributed by atoms with Gasteiger partial charge in [-0.3, -0.25) is 4.79 Å². The molecule has 0 aliphatic rings. The number of nitrogens with zero attached hydrogens (tertiary/aromatic N) is 1. The average Bonchev–Trinajstić information content (AvgIpc) is 3.12. The van der Waals surface area contributed by atoms with Gasteiger partial charge in [0.1, 0.15) is 5.82 Å². The Balaban J connectivity index is 1.52. The van der Waals surface area contributed by atoms with Gasteiger partial charge in [0.05, 0.1) is 11.0 Å². The number of nitrogens with one attached hydrogen (secondary N) is 2. The van der Waals surface area contributed by atoms with Gasteiger partial charge in [0.15, 0.2) is 0 Å². The van der Waals surface area contributed by atoms with Crippen LogP contribution in [0.25, 0.3) is 28.5 Å². The number of aromatic nitrogens is 2. The van der Waals surface area contributed by atoms with Crippen LogP contribution in [-0.4, -0.2) is 15.9 Å². The van der Waals surface area contributed by atoms with Crippen molar-refractivity contribution in [2.75, 3.05) is 5.32 Å². The molecule has 4 heteroatoms. The van der Waals surface area contributed by atoms with Crippen molar-refractivity contribution in [3.8, 4) is 11.4 Å². The third kappa shape index (κ3) is 3.54. The number of imidazole rings is 1. The van der Waals surface area contributed by atoms with Crippen molar-refractivity contribution in [1.82, 2.24) is 9.97 Å². The first-order valence-electron chi connectivity index (χ1n) is 8.37. The number of fused-ring (bicyclic) bond motifs is 1. The maximum atomic E-state index is 12.2. The van der Waals surface area contributed by atoms with Crippen molar-refractivity contribution in [2.24, 2.45) is 0 Å². The van der Waals surface area contributed by atoms with Gasteiger partial charge in [0.25, 0.3) is 0 Å². The lowest BCUT2D eigenvalue weighted by molar-refractivity contribution is -0.111. The number of hydrogen-bond acceptors (Lipinski definition) is 2. The molecule has 0 atom stereocenters. The molecule has 0 unspecified atom stereocenters. The van der Waals surface area contributed by atoms with Crippen LogP contribution in [-0.2, 0) is 4.79 Å². The van der Waals surface area contributed by atoms with Gasteiger partial charge in [-0.2, -0.15) is 0 Å². The number of rotatable bonds is 4. The summed E-state index contributed by atoms with van der Waals surface area (Å²) in [5.41, 5.74) is 4.54. The van der Waals surface area contributed by atoms with Gasteiger partial charge in [0, 0.05) is 17.3 Å². The highest BCUT2D eigenvalue weighted by Gasteiger charge is 2.06. The molecule has 1 aromatic heterocycles. The first-order valence-corrected chi connectivity index (χ1v) is 8.37. The third-order valence-electron chi connectivity index (χ3n) is 4.02. The minimum absolute atomic E-state index is 0.171. The second-order valence-corrected chi connectivity index (χ2v) is 5.92. The number of hydrogen-bond donors (Lipinski definition) is 2. The van der Waals surface area contributed by atoms with Crippen molar-refractivity contribution >= 4 is 28.7 Å². The van der Waals surface area contributed by atoms with E-state index in [2.05, 4.69) is 15.3 Å². The van der Waals surface area contributed by atoms with Gasteiger partial charge in [-0.1, -0.05) is 54.6 Å². The van der Waals surface area contributed by atoms with Crippen LogP contribution < -0.4 is 5.32 Å². The summed E-state index contributed by atoms with van der Waals surface area (Å²) >= 11 is 0. The van der Waals surface area contributed by atoms with Crippen molar-refractivity contribution < 1.29 is 4.79 Å². The van der Waals surface area contributed by atoms with Gasteiger partial charge in [-0.05, 0) is 35.9 Å². The molecule has 0 aliphatic heterocycles. The van der Waals surface area contributed by atoms with E-state index in [-0.39, 0.29) is 5.91 Å². The van der Waals surface area contributed by atoms with E-state index < -0.39 is 0 Å². The normalized spacial score (nSPS) is 11.1. The van der Waals surface area contributed by atoms with Gasteiger partial charge in [0.2, 0.25) is 5.91 Å². The Morgan fingerprint density at radius 2 is 1.73 bits per heavy atom.